The first-order valence-corrected chi connectivity index (χ1v) is 11.9. The smallest absolute Gasteiger partial charge is 0.328 e. The normalized spacial score (nSPS) is 25.0. The molecule has 2 heterocycles. The summed E-state index contributed by atoms with van der Waals surface area (Å²) in [5.74, 6) is -0.912. The maximum absolute atomic E-state index is 13.2. The third-order valence-electron chi connectivity index (χ3n) is 5.61. The van der Waals surface area contributed by atoms with E-state index in [1.807, 2.05) is 20.1 Å². The van der Waals surface area contributed by atoms with Crippen molar-refractivity contribution in [1.29, 1.82) is 0 Å². The Labute approximate surface area is 182 Å². The molecule has 0 bridgehead atoms. The highest BCUT2D eigenvalue weighted by Gasteiger charge is 2.41. The molecule has 30 heavy (non-hydrogen) atoms. The number of piperidine rings is 1. The number of likely N-dealkylation sites (tertiary alicyclic amines) is 1. The van der Waals surface area contributed by atoms with Crippen LogP contribution in [0.3, 0.4) is 0 Å². The van der Waals surface area contributed by atoms with Gasteiger partial charge in [-0.15, -0.1) is 0 Å². The number of thioether (sulfide) groups is 1. The summed E-state index contributed by atoms with van der Waals surface area (Å²) in [7, 11) is 1.28. The summed E-state index contributed by atoms with van der Waals surface area (Å²) in [5.41, 5.74) is 0. The van der Waals surface area contributed by atoms with E-state index < -0.39 is 24.0 Å². The van der Waals surface area contributed by atoms with E-state index in [9.17, 15) is 19.2 Å². The highest BCUT2D eigenvalue weighted by atomic mass is 32.2. The molecule has 0 aromatic rings. The van der Waals surface area contributed by atoms with Gasteiger partial charge < -0.3 is 25.6 Å². The largest absolute Gasteiger partial charge is 0.467 e. The molecule has 4 unspecified atom stereocenters. The number of nitrogens with zero attached hydrogens (tertiary/aromatic N) is 1. The first-order chi connectivity index (χ1) is 14.3. The third kappa shape index (κ3) is 6.34. The van der Waals surface area contributed by atoms with Gasteiger partial charge in [-0.2, -0.15) is 11.8 Å². The number of ether oxygens (including phenoxy) is 1. The second kappa shape index (κ2) is 11.5. The summed E-state index contributed by atoms with van der Waals surface area (Å²) in [6.45, 7) is 4.80. The Balaban J connectivity index is 2.16. The molecule has 0 spiro atoms. The first kappa shape index (κ1) is 24.5. The van der Waals surface area contributed by atoms with E-state index >= 15 is 0 Å². The maximum Gasteiger partial charge on any atom is 0.328 e. The highest BCUT2D eigenvalue weighted by molar-refractivity contribution is 7.99. The lowest BCUT2D eigenvalue weighted by Crippen LogP contribution is -2.61. The van der Waals surface area contributed by atoms with Crippen LogP contribution in [0.2, 0.25) is 0 Å². The average Bonchev–Trinajstić information content (AvgIpc) is 3.25. The number of esters is 1. The van der Waals surface area contributed by atoms with E-state index in [0.29, 0.717) is 25.1 Å². The van der Waals surface area contributed by atoms with Gasteiger partial charge in [-0.3, -0.25) is 14.4 Å². The van der Waals surface area contributed by atoms with E-state index in [-0.39, 0.29) is 29.8 Å². The molecule has 9 nitrogen and oxygen atoms in total. The molecule has 170 valence electrons. The molecule has 0 saturated carbocycles. The lowest BCUT2D eigenvalue weighted by atomic mass is 9.94. The van der Waals surface area contributed by atoms with Crippen molar-refractivity contribution in [3.8, 4) is 0 Å². The molecule has 2 saturated heterocycles. The summed E-state index contributed by atoms with van der Waals surface area (Å²) in [6, 6.07) is -2.03. The van der Waals surface area contributed by atoms with Crippen molar-refractivity contribution in [2.45, 2.75) is 63.7 Å². The number of carbonyl (C=O) groups is 4. The molecule has 2 aliphatic rings. The number of hydrogen-bond acceptors (Lipinski definition) is 7. The number of hydrogen-bond donors (Lipinski definition) is 3. The van der Waals surface area contributed by atoms with Gasteiger partial charge in [0, 0.05) is 12.6 Å². The summed E-state index contributed by atoms with van der Waals surface area (Å²) in [6.07, 6.45) is 4.43. The molecule has 2 fully saturated rings. The van der Waals surface area contributed by atoms with Crippen LogP contribution in [0.25, 0.3) is 0 Å². The SMILES string of the molecule is COC(=O)C(NC(=O)C1CC(NC(=O)CSC)CCN1C(=O)C1CCCN1)C(C)C. The van der Waals surface area contributed by atoms with Crippen LogP contribution in [-0.2, 0) is 23.9 Å². The van der Waals surface area contributed by atoms with Gasteiger partial charge in [-0.25, -0.2) is 4.79 Å². The van der Waals surface area contributed by atoms with Crippen molar-refractivity contribution in [2.75, 3.05) is 32.2 Å². The van der Waals surface area contributed by atoms with E-state index in [0.717, 1.165) is 19.4 Å². The van der Waals surface area contributed by atoms with Gasteiger partial charge in [0.2, 0.25) is 17.7 Å². The van der Waals surface area contributed by atoms with Crippen LogP contribution in [-0.4, -0.2) is 85.0 Å². The molecule has 2 rings (SSSR count). The maximum atomic E-state index is 13.2. The van der Waals surface area contributed by atoms with Crippen LogP contribution in [0.5, 0.6) is 0 Å². The van der Waals surface area contributed by atoms with E-state index in [1.54, 1.807) is 4.90 Å². The summed E-state index contributed by atoms with van der Waals surface area (Å²) in [4.78, 5) is 51.9. The fourth-order valence-corrected chi connectivity index (χ4v) is 4.32. The minimum Gasteiger partial charge on any atom is -0.467 e. The molecule has 0 aliphatic carbocycles. The number of nitrogens with one attached hydrogen (secondary N) is 3. The summed E-state index contributed by atoms with van der Waals surface area (Å²) >= 11 is 1.43. The van der Waals surface area contributed by atoms with Gasteiger partial charge in [0.05, 0.1) is 18.9 Å². The van der Waals surface area contributed by atoms with Crippen molar-refractivity contribution in [2.24, 2.45) is 5.92 Å². The van der Waals surface area contributed by atoms with Crippen molar-refractivity contribution < 1.29 is 23.9 Å². The predicted molar refractivity (Wildman–Crippen MR) is 115 cm³/mol. The van der Waals surface area contributed by atoms with Crippen molar-refractivity contribution >= 4 is 35.5 Å². The Morgan fingerprint density at radius 1 is 1.23 bits per heavy atom. The Hall–Kier alpha value is -1.81. The van der Waals surface area contributed by atoms with Crippen LogP contribution >= 0.6 is 11.8 Å². The Kier molecular flexibility index (Phi) is 9.41. The quantitative estimate of drug-likeness (QED) is 0.449. The molecule has 10 heteroatoms. The zero-order chi connectivity index (χ0) is 22.3. The molecule has 0 aromatic carbocycles. The number of rotatable bonds is 8. The molecule has 3 amide bonds. The molecule has 3 N–H and O–H groups in total. The molecule has 4 atom stereocenters. The van der Waals surface area contributed by atoms with Gasteiger partial charge in [0.1, 0.15) is 12.1 Å². The van der Waals surface area contributed by atoms with Crippen molar-refractivity contribution in [1.82, 2.24) is 20.9 Å². The lowest BCUT2D eigenvalue weighted by molar-refractivity contribution is -0.149. The van der Waals surface area contributed by atoms with E-state index in [4.69, 9.17) is 4.74 Å². The van der Waals surface area contributed by atoms with Crippen LogP contribution in [0.4, 0.5) is 0 Å². The van der Waals surface area contributed by atoms with Gasteiger partial charge >= 0.3 is 5.97 Å². The zero-order valence-corrected chi connectivity index (χ0v) is 19.0. The molecule has 2 aliphatic heterocycles. The van der Waals surface area contributed by atoms with Crippen LogP contribution in [0.15, 0.2) is 0 Å². The minimum absolute atomic E-state index is 0.0847. The van der Waals surface area contributed by atoms with E-state index in [1.165, 1.54) is 18.9 Å². The Morgan fingerprint density at radius 3 is 2.53 bits per heavy atom. The lowest BCUT2D eigenvalue weighted by Gasteiger charge is -2.40. The highest BCUT2D eigenvalue weighted by Crippen LogP contribution is 2.22. The molecular formula is C20H34N4O5S. The van der Waals surface area contributed by atoms with Crippen LogP contribution in [0.1, 0.15) is 39.5 Å². The fraction of sp³-hybridized carbons (Fsp3) is 0.800. The zero-order valence-electron chi connectivity index (χ0n) is 18.2. The molecule has 0 radical (unpaired) electrons. The first-order valence-electron chi connectivity index (χ1n) is 10.5. The van der Waals surface area contributed by atoms with Gasteiger partial charge in [-0.1, -0.05) is 13.8 Å². The number of carbonyl (C=O) groups excluding carboxylic acids is 4. The standard InChI is InChI=1S/C20H34N4O5S/c1-12(2)17(20(28)29-3)23-18(26)15-10-13(22-16(25)11-30-4)7-9-24(15)19(27)14-6-5-8-21-14/h12-15,17,21H,5-11H2,1-4H3,(H,22,25)(H,23,26). The van der Waals surface area contributed by atoms with E-state index in [2.05, 4.69) is 16.0 Å². The summed E-state index contributed by atoms with van der Waals surface area (Å²) in [5, 5.41) is 8.92. The monoisotopic (exact) mass is 442 g/mol. The Morgan fingerprint density at radius 2 is 1.97 bits per heavy atom. The average molecular weight is 443 g/mol. The van der Waals surface area contributed by atoms with Crippen molar-refractivity contribution in [3.05, 3.63) is 0 Å². The second-order valence-corrected chi connectivity index (χ2v) is 9.04. The second-order valence-electron chi connectivity index (χ2n) is 8.17. The van der Waals surface area contributed by atoms with Crippen molar-refractivity contribution in [3.63, 3.8) is 0 Å². The van der Waals surface area contributed by atoms with Gasteiger partial charge in [0.15, 0.2) is 0 Å². The third-order valence-corrected chi connectivity index (χ3v) is 6.16. The molecular weight excluding hydrogens is 408 g/mol. The number of methoxy groups -OCH3 is 1. The number of amides is 3. The van der Waals surface area contributed by atoms with Gasteiger partial charge in [-0.05, 0) is 44.4 Å². The van der Waals surface area contributed by atoms with Crippen LogP contribution in [0, 0.1) is 5.92 Å². The molecule has 0 aromatic heterocycles. The fourth-order valence-electron chi connectivity index (χ4n) is 3.98. The van der Waals surface area contributed by atoms with Gasteiger partial charge in [0.25, 0.3) is 0 Å². The predicted octanol–water partition coefficient (Wildman–Crippen LogP) is -0.109. The Bertz CT molecular complexity index is 639. The topological polar surface area (TPSA) is 117 Å². The summed E-state index contributed by atoms with van der Waals surface area (Å²) < 4.78 is 4.81. The van der Waals surface area contributed by atoms with Crippen LogP contribution < -0.4 is 16.0 Å². The minimum atomic E-state index is -0.796.